The van der Waals surface area contributed by atoms with E-state index in [4.69, 9.17) is 27.1 Å². The van der Waals surface area contributed by atoms with Crippen LogP contribution in [0.3, 0.4) is 0 Å². The third-order valence-corrected chi connectivity index (χ3v) is 15.5. The lowest BCUT2D eigenvalue weighted by molar-refractivity contribution is -0.192. The molecule has 3 aromatic carbocycles. The monoisotopic (exact) mass is 1190 g/mol. The molecular weight excluding hydrogens is 1130 g/mol. The van der Waals surface area contributed by atoms with Crippen molar-refractivity contribution in [2.45, 2.75) is 67.2 Å². The second kappa shape index (κ2) is 26.2. The molecule has 0 bridgehead atoms. The molecule has 6 heterocycles. The molecular formula is C57H53F3N12O8S3. The van der Waals surface area contributed by atoms with Crippen LogP contribution < -0.4 is 33.2 Å². The van der Waals surface area contributed by atoms with E-state index in [-0.39, 0.29) is 38.5 Å². The number of anilines is 3. The average Bonchev–Trinajstić information content (AvgIpc) is 4.41. The number of amides is 3. The highest BCUT2D eigenvalue weighted by Gasteiger charge is 2.45. The van der Waals surface area contributed by atoms with Gasteiger partial charge in [0, 0.05) is 80.1 Å². The first-order valence-electron chi connectivity index (χ1n) is 25.1. The average molecular weight is 1190 g/mol. The molecule has 3 amide bonds. The number of hydrogen-bond acceptors (Lipinski definition) is 16. The van der Waals surface area contributed by atoms with Crippen LogP contribution in [0, 0.1) is 0 Å². The summed E-state index contributed by atoms with van der Waals surface area (Å²) in [7, 11) is 0. The highest BCUT2D eigenvalue weighted by molar-refractivity contribution is 7.08. The van der Waals surface area contributed by atoms with Crippen molar-refractivity contribution in [2.24, 2.45) is 17.2 Å². The van der Waals surface area contributed by atoms with E-state index in [1.165, 1.54) is 53.0 Å². The number of benzene rings is 3. The van der Waals surface area contributed by atoms with Gasteiger partial charge in [-0.1, -0.05) is 36.4 Å². The van der Waals surface area contributed by atoms with E-state index in [0.29, 0.717) is 34.1 Å². The van der Waals surface area contributed by atoms with Gasteiger partial charge >= 0.3 is 12.1 Å². The Labute approximate surface area is 483 Å². The largest absolute Gasteiger partial charge is 0.490 e. The number of alkyl halides is 3. The van der Waals surface area contributed by atoms with Gasteiger partial charge in [-0.05, 0) is 120 Å². The minimum atomic E-state index is -5.08. The molecule has 0 spiro atoms. The molecule has 9 aromatic rings. The Morgan fingerprint density at radius 3 is 0.940 bits per heavy atom. The summed E-state index contributed by atoms with van der Waals surface area (Å²) < 4.78 is 31.7. The molecule has 6 aromatic heterocycles. The molecule has 0 saturated heterocycles. The Hall–Kier alpha value is -9.05. The van der Waals surface area contributed by atoms with Crippen LogP contribution in [-0.4, -0.2) is 98.8 Å². The summed E-state index contributed by atoms with van der Waals surface area (Å²) in [4.78, 5) is 114. The van der Waals surface area contributed by atoms with E-state index >= 15 is 0 Å². The SMILES string of the molecule is N[C@@](Cc1c[nH]cn1)(C(=O)Cc1ccsc1)C(=O)Nc1ccc(C(c2ccc(NC(=O)[C@](N)(Cc3c[nH]cn3)C(=O)Cc3ccsc3)cc2)c2ccc(NC(=O)[C@](N)(Cc3c[nH]cn3)C(=O)Cc3ccsc3)cc2)cc1.O=C(O)C(F)(F)F. The van der Waals surface area contributed by atoms with Crippen molar-refractivity contribution in [3.63, 3.8) is 0 Å². The van der Waals surface area contributed by atoms with Crippen molar-refractivity contribution in [3.05, 3.63) is 211 Å². The van der Waals surface area contributed by atoms with Crippen molar-refractivity contribution in [1.82, 2.24) is 29.9 Å². The minimum absolute atomic E-state index is 0.0406. The molecule has 0 radical (unpaired) electrons. The van der Waals surface area contributed by atoms with E-state index < -0.39 is 69.8 Å². The lowest BCUT2D eigenvalue weighted by Crippen LogP contribution is -2.59. The van der Waals surface area contributed by atoms with Gasteiger partial charge in [0.15, 0.2) is 34.0 Å². The van der Waals surface area contributed by atoms with Gasteiger partial charge in [0.1, 0.15) is 0 Å². The molecule has 0 aliphatic rings. The van der Waals surface area contributed by atoms with Gasteiger partial charge in [0.2, 0.25) is 0 Å². The zero-order valence-electron chi connectivity index (χ0n) is 43.6. The summed E-state index contributed by atoms with van der Waals surface area (Å²) >= 11 is 4.31. The molecule has 0 unspecified atom stereocenters. The number of aromatic amines is 3. The third kappa shape index (κ3) is 15.1. The second-order valence-corrected chi connectivity index (χ2v) is 21.6. The maximum absolute atomic E-state index is 14.1. The first-order chi connectivity index (χ1) is 39.6. The number of nitrogens with one attached hydrogen (secondary N) is 6. The quantitative estimate of drug-likeness (QED) is 0.0217. The fraction of sp³-hybridized carbons (Fsp3) is 0.193. The number of rotatable bonds is 24. The van der Waals surface area contributed by atoms with E-state index in [1.807, 2.05) is 86.9 Å². The van der Waals surface area contributed by atoms with E-state index in [2.05, 4.69) is 45.9 Å². The third-order valence-electron chi connectivity index (χ3n) is 13.3. The van der Waals surface area contributed by atoms with Crippen molar-refractivity contribution >= 4 is 92.1 Å². The van der Waals surface area contributed by atoms with Gasteiger partial charge in [-0.3, -0.25) is 28.8 Å². The number of ketones is 3. The summed E-state index contributed by atoms with van der Waals surface area (Å²) in [6, 6.07) is 26.7. The highest BCUT2D eigenvalue weighted by Crippen LogP contribution is 2.35. The standard InChI is InChI=1S/C55H52N12O6S3.C2HF3O2/c56-53(22-43-25-59-31-62-43,46(68)19-34-13-16-74-28-34)50(71)65-40-7-1-37(2-8-40)49(38-3-9-41(10-4-38)66-51(72)54(57,23-44-26-60-32-63-44)47(69)20-35-14-17-75-29-35)39-5-11-42(12-6-39)67-52(73)55(58,24-45-27-61-33-64-45)48(70)21-36-15-18-76-30-36;3-2(4,5)1(6)7/h1-18,25-33,49H,19-24,56-58H2,(H,59,62)(H,60,63)(H,61,64)(H,65,71)(H,66,72)(H,67,73);(H,6,7)/t53-,54-,55-;/m0./s1. The number of nitrogens with zero attached hydrogens (tertiary/aromatic N) is 3. The van der Waals surface area contributed by atoms with Crippen LogP contribution in [0.2, 0.25) is 0 Å². The number of carboxylic acid groups (broad SMARTS) is 1. The number of halogens is 3. The molecule has 428 valence electrons. The Morgan fingerprint density at radius 1 is 0.470 bits per heavy atom. The van der Waals surface area contributed by atoms with Gasteiger partial charge in [-0.2, -0.15) is 47.2 Å². The van der Waals surface area contributed by atoms with Gasteiger partial charge in [-0.25, -0.2) is 19.7 Å². The smallest absolute Gasteiger partial charge is 0.475 e. The van der Waals surface area contributed by atoms with Crippen LogP contribution in [0.5, 0.6) is 0 Å². The summed E-state index contributed by atoms with van der Waals surface area (Å²) in [5, 5.41) is 26.8. The first-order valence-corrected chi connectivity index (χ1v) is 27.9. The molecule has 20 nitrogen and oxygen atoms in total. The van der Waals surface area contributed by atoms with E-state index in [1.54, 1.807) is 55.0 Å². The number of carboxylic acids is 1. The van der Waals surface area contributed by atoms with Gasteiger partial charge in [-0.15, -0.1) is 0 Å². The predicted octanol–water partition coefficient (Wildman–Crippen LogP) is 6.93. The van der Waals surface area contributed by atoms with Crippen LogP contribution in [0.25, 0.3) is 0 Å². The normalized spacial score (nSPS) is 13.5. The summed E-state index contributed by atoms with van der Waals surface area (Å²) in [5.41, 5.74) is 21.4. The molecule has 26 heteroatoms. The maximum Gasteiger partial charge on any atom is 0.490 e. The van der Waals surface area contributed by atoms with Gasteiger partial charge in [0.25, 0.3) is 17.7 Å². The molecule has 83 heavy (non-hydrogen) atoms. The predicted molar refractivity (Wildman–Crippen MR) is 307 cm³/mol. The lowest BCUT2D eigenvalue weighted by Gasteiger charge is -2.27. The highest BCUT2D eigenvalue weighted by atomic mass is 32.1. The maximum atomic E-state index is 14.1. The number of thiophene rings is 3. The minimum Gasteiger partial charge on any atom is -0.475 e. The van der Waals surface area contributed by atoms with Crippen molar-refractivity contribution in [3.8, 4) is 0 Å². The van der Waals surface area contributed by atoms with Crippen molar-refractivity contribution in [1.29, 1.82) is 0 Å². The molecule has 0 aliphatic carbocycles. The second-order valence-electron chi connectivity index (χ2n) is 19.3. The Morgan fingerprint density at radius 2 is 0.735 bits per heavy atom. The number of nitrogens with two attached hydrogens (primary N) is 3. The number of aromatic nitrogens is 6. The van der Waals surface area contributed by atoms with Crippen LogP contribution in [0.4, 0.5) is 30.2 Å². The number of hydrogen-bond donors (Lipinski definition) is 10. The fourth-order valence-corrected chi connectivity index (χ4v) is 10.7. The fourth-order valence-electron chi connectivity index (χ4n) is 8.73. The first kappa shape index (κ1) is 60.1. The molecule has 3 atom stereocenters. The number of carbonyl (C=O) groups excluding carboxylic acids is 6. The van der Waals surface area contributed by atoms with Crippen LogP contribution >= 0.6 is 34.0 Å². The van der Waals surface area contributed by atoms with E-state index in [9.17, 15) is 41.9 Å². The van der Waals surface area contributed by atoms with Gasteiger partial charge in [0.05, 0.1) is 36.1 Å². The lowest BCUT2D eigenvalue weighted by atomic mass is 9.84. The number of carbonyl (C=O) groups is 7. The van der Waals surface area contributed by atoms with Crippen molar-refractivity contribution < 1.29 is 51.8 Å². The summed E-state index contributed by atoms with van der Waals surface area (Å²) in [5.74, 6) is -6.76. The summed E-state index contributed by atoms with van der Waals surface area (Å²) in [6.07, 6.45) is 3.52. The number of aliphatic carboxylic acids is 1. The van der Waals surface area contributed by atoms with Crippen LogP contribution in [0.15, 0.2) is 161 Å². The Balaban J connectivity index is 0.00000121. The number of imidazole rings is 3. The van der Waals surface area contributed by atoms with Crippen LogP contribution in [-0.2, 0) is 72.1 Å². The summed E-state index contributed by atoms with van der Waals surface area (Å²) in [6.45, 7) is 0. The van der Waals surface area contributed by atoms with Gasteiger partial charge < -0.3 is 53.2 Å². The Bertz CT molecular complexity index is 3260. The molecule has 0 fully saturated rings. The van der Waals surface area contributed by atoms with Crippen LogP contribution in [0.1, 0.15) is 56.4 Å². The molecule has 13 N–H and O–H groups in total. The zero-order chi connectivity index (χ0) is 59.4. The number of H-pyrrole nitrogens is 3. The molecule has 0 aliphatic heterocycles. The topological polar surface area (TPSA) is 340 Å². The van der Waals surface area contributed by atoms with E-state index in [0.717, 1.165) is 33.4 Å². The zero-order valence-corrected chi connectivity index (χ0v) is 46.1. The molecule has 0 saturated carbocycles. The number of Topliss-reactive ketones (excluding diaryl/α,β-unsaturated/α-hetero) is 3. The van der Waals surface area contributed by atoms with Crippen molar-refractivity contribution in [2.75, 3.05) is 16.0 Å². The Kier molecular flexibility index (Phi) is 19.0. The molecule has 9 rings (SSSR count).